The predicted molar refractivity (Wildman–Crippen MR) is 99.5 cm³/mol. The Kier molecular flexibility index (Phi) is 5.21. The van der Waals surface area contributed by atoms with E-state index in [4.69, 9.17) is 4.74 Å². The molecule has 2 aromatic carbocycles. The van der Waals surface area contributed by atoms with Gasteiger partial charge in [-0.2, -0.15) is 0 Å². The van der Waals surface area contributed by atoms with Crippen LogP contribution in [0, 0.1) is 0 Å². The number of ketones is 1. The molecule has 0 saturated heterocycles. The molecule has 1 atom stereocenters. The minimum absolute atomic E-state index is 0.173. The molecule has 3 aromatic rings. The number of carbonyl (C=O) groups excluding carboxylic acids is 3. The molecule has 0 radical (unpaired) electrons. The van der Waals surface area contributed by atoms with E-state index in [1.807, 2.05) is 0 Å². The Labute approximate surface area is 155 Å². The van der Waals surface area contributed by atoms with Gasteiger partial charge in [-0.3, -0.25) is 19.6 Å². The Bertz CT molecular complexity index is 1030. The molecule has 0 aliphatic heterocycles. The van der Waals surface area contributed by atoms with E-state index in [2.05, 4.69) is 15.3 Å². The molecular weight excluding hydrogens is 346 g/mol. The highest BCUT2D eigenvalue weighted by Gasteiger charge is 2.20. The molecule has 7 heteroatoms. The fraction of sp³-hybridized carbons (Fsp3) is 0.150. The second-order valence-electron chi connectivity index (χ2n) is 5.90. The van der Waals surface area contributed by atoms with Crippen LogP contribution >= 0.6 is 0 Å². The topological polar surface area (TPSA) is 98.2 Å². The number of aromatic nitrogens is 2. The van der Waals surface area contributed by atoms with E-state index in [1.165, 1.54) is 20.0 Å². The van der Waals surface area contributed by atoms with Crippen molar-refractivity contribution in [1.82, 2.24) is 9.97 Å². The number of hydrogen-bond donors (Lipinski definition) is 1. The number of Topliss-reactive ketones (excluding diaryl/α,β-unsaturated/α-hetero) is 1. The van der Waals surface area contributed by atoms with E-state index in [9.17, 15) is 14.4 Å². The fourth-order valence-corrected chi connectivity index (χ4v) is 2.51. The number of amides is 1. The van der Waals surface area contributed by atoms with Crippen LogP contribution in [0.2, 0.25) is 0 Å². The lowest BCUT2D eigenvalue weighted by Gasteiger charge is -2.15. The van der Waals surface area contributed by atoms with Crippen LogP contribution in [0.15, 0.2) is 54.9 Å². The highest BCUT2D eigenvalue weighted by atomic mass is 16.5. The van der Waals surface area contributed by atoms with E-state index in [0.29, 0.717) is 22.3 Å². The maximum atomic E-state index is 12.3. The summed E-state index contributed by atoms with van der Waals surface area (Å²) in [6.45, 7) is 2.88. The van der Waals surface area contributed by atoms with E-state index in [0.717, 1.165) is 0 Å². The maximum absolute atomic E-state index is 12.3. The van der Waals surface area contributed by atoms with Crippen LogP contribution in [0.5, 0.6) is 0 Å². The van der Waals surface area contributed by atoms with Crippen LogP contribution in [0.4, 0.5) is 5.69 Å². The molecule has 7 nitrogen and oxygen atoms in total. The Morgan fingerprint density at radius 2 is 1.70 bits per heavy atom. The van der Waals surface area contributed by atoms with Gasteiger partial charge in [0.2, 0.25) is 0 Å². The molecule has 136 valence electrons. The lowest BCUT2D eigenvalue weighted by Crippen LogP contribution is -2.30. The molecule has 0 aliphatic carbocycles. The van der Waals surface area contributed by atoms with E-state index in [-0.39, 0.29) is 11.3 Å². The van der Waals surface area contributed by atoms with Crippen molar-refractivity contribution in [3.63, 3.8) is 0 Å². The van der Waals surface area contributed by atoms with Crippen LogP contribution in [0.25, 0.3) is 11.0 Å². The van der Waals surface area contributed by atoms with Crippen molar-refractivity contribution in [3.05, 3.63) is 66.0 Å². The van der Waals surface area contributed by atoms with Crippen molar-refractivity contribution in [3.8, 4) is 0 Å². The van der Waals surface area contributed by atoms with Crippen LogP contribution in [-0.2, 0) is 9.53 Å². The normalized spacial score (nSPS) is 11.6. The number of esters is 1. The van der Waals surface area contributed by atoms with Gasteiger partial charge < -0.3 is 10.1 Å². The number of nitrogens with zero attached hydrogens (tertiary/aromatic N) is 2. The van der Waals surface area contributed by atoms with Gasteiger partial charge in [0.25, 0.3) is 5.91 Å². The van der Waals surface area contributed by atoms with Crippen molar-refractivity contribution in [2.45, 2.75) is 20.0 Å². The van der Waals surface area contributed by atoms with Gasteiger partial charge in [-0.15, -0.1) is 0 Å². The van der Waals surface area contributed by atoms with Crippen molar-refractivity contribution >= 4 is 34.4 Å². The first-order valence-electron chi connectivity index (χ1n) is 8.28. The summed E-state index contributed by atoms with van der Waals surface area (Å²) in [5.41, 5.74) is 2.24. The first kappa shape index (κ1) is 18.2. The minimum atomic E-state index is -1.05. The lowest BCUT2D eigenvalue weighted by molar-refractivity contribution is -0.123. The summed E-state index contributed by atoms with van der Waals surface area (Å²) < 4.78 is 5.24. The van der Waals surface area contributed by atoms with Crippen molar-refractivity contribution in [1.29, 1.82) is 0 Å². The molecule has 0 aliphatic rings. The van der Waals surface area contributed by atoms with Crippen molar-refractivity contribution in [2.75, 3.05) is 5.32 Å². The van der Waals surface area contributed by atoms with Gasteiger partial charge in [0.15, 0.2) is 11.9 Å². The minimum Gasteiger partial charge on any atom is -0.449 e. The highest BCUT2D eigenvalue weighted by Crippen LogP contribution is 2.17. The zero-order valence-corrected chi connectivity index (χ0v) is 14.8. The zero-order chi connectivity index (χ0) is 19.4. The Morgan fingerprint density at radius 1 is 1.00 bits per heavy atom. The van der Waals surface area contributed by atoms with Gasteiger partial charge in [-0.25, -0.2) is 4.79 Å². The van der Waals surface area contributed by atoms with Crippen molar-refractivity contribution in [2.24, 2.45) is 0 Å². The Hall–Kier alpha value is -3.61. The number of rotatable bonds is 5. The van der Waals surface area contributed by atoms with Gasteiger partial charge in [-0.1, -0.05) is 12.1 Å². The average molecular weight is 363 g/mol. The fourth-order valence-electron chi connectivity index (χ4n) is 2.51. The van der Waals surface area contributed by atoms with Crippen molar-refractivity contribution < 1.29 is 19.1 Å². The molecule has 1 unspecified atom stereocenters. The first-order chi connectivity index (χ1) is 13.0. The van der Waals surface area contributed by atoms with Crippen LogP contribution in [-0.4, -0.2) is 33.7 Å². The first-order valence-corrected chi connectivity index (χ1v) is 8.28. The monoisotopic (exact) mass is 363 g/mol. The molecule has 0 spiro atoms. The second-order valence-corrected chi connectivity index (χ2v) is 5.90. The van der Waals surface area contributed by atoms with Crippen LogP contribution < -0.4 is 5.32 Å². The summed E-state index contributed by atoms with van der Waals surface area (Å²) >= 11 is 0. The summed E-state index contributed by atoms with van der Waals surface area (Å²) in [6.07, 6.45) is 2.04. The summed E-state index contributed by atoms with van der Waals surface area (Å²) in [4.78, 5) is 44.6. The summed E-state index contributed by atoms with van der Waals surface area (Å²) in [7, 11) is 0. The van der Waals surface area contributed by atoms with Gasteiger partial charge in [0, 0.05) is 18.0 Å². The molecule has 3 rings (SSSR count). The molecule has 27 heavy (non-hydrogen) atoms. The quantitative estimate of drug-likeness (QED) is 0.553. The third kappa shape index (κ3) is 4.14. The number of anilines is 1. The number of nitrogens with one attached hydrogen (secondary N) is 1. The van der Waals surface area contributed by atoms with E-state index < -0.39 is 18.0 Å². The molecule has 1 amide bonds. The molecule has 0 bridgehead atoms. The number of benzene rings is 2. The molecule has 1 aromatic heterocycles. The molecule has 1 heterocycles. The third-order valence-electron chi connectivity index (χ3n) is 3.92. The number of ether oxygens (including phenoxy) is 1. The van der Waals surface area contributed by atoms with Gasteiger partial charge >= 0.3 is 5.97 Å². The maximum Gasteiger partial charge on any atom is 0.338 e. The lowest BCUT2D eigenvalue weighted by atomic mass is 10.1. The van der Waals surface area contributed by atoms with E-state index in [1.54, 1.807) is 48.7 Å². The van der Waals surface area contributed by atoms with Gasteiger partial charge in [0.1, 0.15) is 0 Å². The van der Waals surface area contributed by atoms with E-state index >= 15 is 0 Å². The predicted octanol–water partition coefficient (Wildman–Crippen LogP) is 3.02. The SMILES string of the molecule is CC(=O)c1ccccc1NC(=O)C(C)OC(=O)c1ccc2nccnc2c1. The molecule has 1 N–H and O–H groups in total. The second kappa shape index (κ2) is 7.74. The summed E-state index contributed by atoms with van der Waals surface area (Å²) in [5.74, 6) is -1.35. The summed E-state index contributed by atoms with van der Waals surface area (Å²) in [6, 6.07) is 11.4. The highest BCUT2D eigenvalue weighted by molar-refractivity contribution is 6.05. The Balaban J connectivity index is 1.70. The summed E-state index contributed by atoms with van der Waals surface area (Å²) in [5, 5.41) is 2.62. The third-order valence-corrected chi connectivity index (χ3v) is 3.92. The zero-order valence-electron chi connectivity index (χ0n) is 14.8. The number of fused-ring (bicyclic) bond motifs is 1. The number of carbonyl (C=O) groups is 3. The molecular formula is C20H17N3O4. The van der Waals surface area contributed by atoms with Gasteiger partial charge in [-0.05, 0) is 44.2 Å². The van der Waals surface area contributed by atoms with Gasteiger partial charge in [0.05, 0.1) is 22.3 Å². The standard InChI is InChI=1S/C20H17N3O4/c1-12(24)15-5-3-4-6-16(15)23-19(25)13(2)27-20(26)14-7-8-17-18(11-14)22-10-9-21-17/h3-11,13H,1-2H3,(H,23,25). The number of para-hydroxylation sites is 1. The Morgan fingerprint density at radius 3 is 2.44 bits per heavy atom. The van der Waals surface area contributed by atoms with Crippen LogP contribution in [0.1, 0.15) is 34.6 Å². The molecule has 0 saturated carbocycles. The number of hydrogen-bond acceptors (Lipinski definition) is 6. The molecule has 0 fully saturated rings. The largest absolute Gasteiger partial charge is 0.449 e. The smallest absolute Gasteiger partial charge is 0.338 e. The van der Waals surface area contributed by atoms with Crippen LogP contribution in [0.3, 0.4) is 0 Å². The average Bonchev–Trinajstić information content (AvgIpc) is 2.67.